The van der Waals surface area contributed by atoms with Gasteiger partial charge in [-0.15, -0.1) is 0 Å². The van der Waals surface area contributed by atoms with E-state index >= 15 is 0 Å². The Balaban J connectivity index is 1.34. The van der Waals surface area contributed by atoms with Crippen LogP contribution in [0.3, 0.4) is 0 Å². The zero-order valence-electron chi connectivity index (χ0n) is 21.1. The summed E-state index contributed by atoms with van der Waals surface area (Å²) in [5.41, 5.74) is 2.18. The quantitative estimate of drug-likeness (QED) is 0.526. The normalized spacial score (nSPS) is 20.0. The van der Waals surface area contributed by atoms with E-state index in [4.69, 9.17) is 14.5 Å². The van der Waals surface area contributed by atoms with Crippen molar-refractivity contribution < 1.29 is 19.1 Å². The molecule has 1 saturated carbocycles. The third-order valence-corrected chi connectivity index (χ3v) is 7.39. The predicted molar refractivity (Wildman–Crippen MR) is 133 cm³/mol. The Morgan fingerprint density at radius 1 is 1.20 bits per heavy atom. The number of hydrogen-bond acceptors (Lipinski definition) is 7. The Hall–Kier alpha value is -3.16. The van der Waals surface area contributed by atoms with E-state index in [1.165, 1.54) is 12.7 Å². The van der Waals surface area contributed by atoms with E-state index in [0.29, 0.717) is 11.8 Å². The number of aromatic nitrogens is 2. The van der Waals surface area contributed by atoms with Crippen molar-refractivity contribution in [3.8, 4) is 5.88 Å². The lowest BCUT2D eigenvalue weighted by Crippen LogP contribution is -2.47. The highest BCUT2D eigenvalue weighted by Crippen LogP contribution is 2.40. The topological polar surface area (TPSA) is 102 Å². The highest BCUT2D eigenvalue weighted by molar-refractivity contribution is 5.82. The van der Waals surface area contributed by atoms with Gasteiger partial charge in [-0.05, 0) is 75.5 Å². The predicted octanol–water partition coefficient (Wildman–Crippen LogP) is 3.86. The SMILES string of the molecule is COC(=O)C(C)(C)[C@H](NC(=O)C1CC(CCc2ccc3c(n2)NCCC3)C1)c1ccc(OC)nc1. The summed E-state index contributed by atoms with van der Waals surface area (Å²) in [4.78, 5) is 34.7. The first-order valence-corrected chi connectivity index (χ1v) is 12.4. The van der Waals surface area contributed by atoms with Gasteiger partial charge in [0, 0.05) is 30.4 Å². The lowest BCUT2D eigenvalue weighted by molar-refractivity contribution is -0.153. The number of pyridine rings is 2. The zero-order chi connectivity index (χ0) is 25.0. The summed E-state index contributed by atoms with van der Waals surface area (Å²) in [5, 5.41) is 6.51. The molecular weight excluding hydrogens is 444 g/mol. The molecule has 4 rings (SSSR count). The average molecular weight is 481 g/mol. The lowest BCUT2D eigenvalue weighted by atomic mass is 9.71. The van der Waals surface area contributed by atoms with Gasteiger partial charge in [0.15, 0.2) is 0 Å². The average Bonchev–Trinajstić information content (AvgIpc) is 2.85. The molecule has 0 aromatic carbocycles. The third kappa shape index (κ3) is 5.57. The molecule has 0 spiro atoms. The maximum Gasteiger partial charge on any atom is 0.313 e. The number of carbonyl (C=O) groups is 2. The molecule has 188 valence electrons. The minimum absolute atomic E-state index is 0.0323. The van der Waals surface area contributed by atoms with Crippen molar-refractivity contribution in [1.29, 1.82) is 0 Å². The van der Waals surface area contributed by atoms with E-state index in [2.05, 4.69) is 27.8 Å². The van der Waals surface area contributed by atoms with Crippen LogP contribution >= 0.6 is 0 Å². The number of nitrogens with one attached hydrogen (secondary N) is 2. The molecule has 1 aliphatic heterocycles. The van der Waals surface area contributed by atoms with Gasteiger partial charge in [0.1, 0.15) is 5.82 Å². The molecule has 0 bridgehead atoms. The summed E-state index contributed by atoms with van der Waals surface area (Å²) in [6, 6.07) is 7.32. The highest BCUT2D eigenvalue weighted by Gasteiger charge is 2.42. The largest absolute Gasteiger partial charge is 0.481 e. The van der Waals surface area contributed by atoms with E-state index in [9.17, 15) is 9.59 Å². The number of anilines is 1. The molecule has 1 atom stereocenters. The number of aryl methyl sites for hydroxylation is 2. The Kier molecular flexibility index (Phi) is 7.57. The van der Waals surface area contributed by atoms with Gasteiger partial charge in [-0.3, -0.25) is 9.59 Å². The van der Waals surface area contributed by atoms with Crippen LogP contribution < -0.4 is 15.4 Å². The summed E-state index contributed by atoms with van der Waals surface area (Å²) in [6.07, 6.45) is 7.53. The van der Waals surface area contributed by atoms with Gasteiger partial charge in [-0.1, -0.05) is 12.1 Å². The number of rotatable bonds is 9. The number of carbonyl (C=O) groups excluding carboxylic acids is 2. The van der Waals surface area contributed by atoms with Crippen LogP contribution in [0, 0.1) is 17.3 Å². The Bertz CT molecular complexity index is 1050. The Morgan fingerprint density at radius 3 is 2.69 bits per heavy atom. The summed E-state index contributed by atoms with van der Waals surface area (Å²) in [6.45, 7) is 4.54. The molecule has 1 aliphatic carbocycles. The lowest BCUT2D eigenvalue weighted by Gasteiger charge is -2.38. The summed E-state index contributed by atoms with van der Waals surface area (Å²) < 4.78 is 10.2. The van der Waals surface area contributed by atoms with E-state index in [0.717, 1.165) is 62.1 Å². The number of fused-ring (bicyclic) bond motifs is 1. The molecule has 0 saturated heterocycles. The van der Waals surface area contributed by atoms with Gasteiger partial charge in [-0.2, -0.15) is 0 Å². The Morgan fingerprint density at radius 2 is 2.00 bits per heavy atom. The van der Waals surface area contributed by atoms with Crippen molar-refractivity contribution in [2.75, 3.05) is 26.1 Å². The van der Waals surface area contributed by atoms with Crippen LogP contribution in [0.15, 0.2) is 30.5 Å². The number of esters is 1. The summed E-state index contributed by atoms with van der Waals surface area (Å²) in [5.74, 6) is 1.53. The van der Waals surface area contributed by atoms with Crippen molar-refractivity contribution in [2.24, 2.45) is 17.3 Å². The first-order valence-electron chi connectivity index (χ1n) is 12.4. The second-order valence-electron chi connectivity index (χ2n) is 10.2. The van der Waals surface area contributed by atoms with Crippen LogP contribution in [0.5, 0.6) is 5.88 Å². The molecule has 0 radical (unpaired) electrons. The highest BCUT2D eigenvalue weighted by atomic mass is 16.5. The van der Waals surface area contributed by atoms with Crippen molar-refractivity contribution in [2.45, 2.75) is 58.4 Å². The number of methoxy groups -OCH3 is 2. The van der Waals surface area contributed by atoms with Gasteiger partial charge >= 0.3 is 5.97 Å². The van der Waals surface area contributed by atoms with Crippen molar-refractivity contribution in [1.82, 2.24) is 15.3 Å². The molecule has 3 heterocycles. The number of hydrogen-bond donors (Lipinski definition) is 2. The van der Waals surface area contributed by atoms with Crippen LogP contribution in [0.2, 0.25) is 0 Å². The van der Waals surface area contributed by atoms with Crippen LogP contribution in [0.25, 0.3) is 0 Å². The number of amides is 1. The fraction of sp³-hybridized carbons (Fsp3) is 0.556. The molecule has 0 unspecified atom stereocenters. The van der Waals surface area contributed by atoms with E-state index in [-0.39, 0.29) is 11.8 Å². The third-order valence-electron chi connectivity index (χ3n) is 7.39. The first kappa shape index (κ1) is 24.9. The van der Waals surface area contributed by atoms with Gasteiger partial charge in [0.05, 0.1) is 25.7 Å². The Labute approximate surface area is 207 Å². The monoisotopic (exact) mass is 480 g/mol. The molecule has 2 N–H and O–H groups in total. The molecular formula is C27H36N4O4. The van der Waals surface area contributed by atoms with E-state index in [1.807, 2.05) is 6.07 Å². The molecule has 1 amide bonds. The van der Waals surface area contributed by atoms with Gasteiger partial charge in [-0.25, -0.2) is 9.97 Å². The maximum absolute atomic E-state index is 13.1. The van der Waals surface area contributed by atoms with E-state index < -0.39 is 17.4 Å². The van der Waals surface area contributed by atoms with Crippen LogP contribution in [0.4, 0.5) is 5.82 Å². The fourth-order valence-electron chi connectivity index (χ4n) is 5.05. The maximum atomic E-state index is 13.1. The minimum Gasteiger partial charge on any atom is -0.481 e. The summed E-state index contributed by atoms with van der Waals surface area (Å²) >= 11 is 0. The standard InChI is InChI=1S/C27H36N4O4/c1-27(2,26(33)35-4)23(19-9-12-22(34-3)29-16-19)31-25(32)20-14-17(15-20)7-10-21-11-8-18-6-5-13-28-24(18)30-21/h8-9,11-12,16-17,20,23H,5-7,10,13-15H2,1-4H3,(H,28,30)(H,31,32)/t17?,20?,23-/m1/s1. The molecule has 2 aromatic rings. The van der Waals surface area contributed by atoms with Gasteiger partial charge < -0.3 is 20.1 Å². The van der Waals surface area contributed by atoms with Gasteiger partial charge in [0.2, 0.25) is 11.8 Å². The van der Waals surface area contributed by atoms with Crippen molar-refractivity contribution in [3.63, 3.8) is 0 Å². The first-order chi connectivity index (χ1) is 16.8. The molecule has 1 fully saturated rings. The smallest absolute Gasteiger partial charge is 0.313 e. The fourth-order valence-corrected chi connectivity index (χ4v) is 5.05. The number of ether oxygens (including phenoxy) is 2. The zero-order valence-corrected chi connectivity index (χ0v) is 21.1. The van der Waals surface area contributed by atoms with Crippen molar-refractivity contribution >= 4 is 17.7 Å². The molecule has 2 aliphatic rings. The molecule has 8 heteroatoms. The van der Waals surface area contributed by atoms with Crippen LogP contribution in [-0.4, -0.2) is 42.6 Å². The van der Waals surface area contributed by atoms with Crippen LogP contribution in [0.1, 0.15) is 62.4 Å². The number of nitrogens with zero attached hydrogens (tertiary/aromatic N) is 2. The summed E-state index contributed by atoms with van der Waals surface area (Å²) in [7, 11) is 2.91. The second-order valence-corrected chi connectivity index (χ2v) is 10.2. The minimum atomic E-state index is -0.962. The molecule has 2 aromatic heterocycles. The van der Waals surface area contributed by atoms with Crippen LogP contribution in [-0.2, 0) is 27.2 Å². The molecule has 8 nitrogen and oxygen atoms in total. The second kappa shape index (κ2) is 10.6. The van der Waals surface area contributed by atoms with E-state index in [1.54, 1.807) is 33.2 Å². The van der Waals surface area contributed by atoms with Crippen molar-refractivity contribution in [3.05, 3.63) is 47.3 Å². The van der Waals surface area contributed by atoms with Gasteiger partial charge in [0.25, 0.3) is 0 Å². The molecule has 35 heavy (non-hydrogen) atoms.